The third-order valence-corrected chi connectivity index (χ3v) is 13.1. The van der Waals surface area contributed by atoms with Gasteiger partial charge in [0.2, 0.25) is 0 Å². The summed E-state index contributed by atoms with van der Waals surface area (Å²) in [6, 6.07) is 7.32. The second kappa shape index (κ2) is 14.0. The highest BCUT2D eigenvalue weighted by atomic mass is 32.2. The lowest BCUT2D eigenvalue weighted by atomic mass is 10.1. The minimum Gasteiger partial charge on any atom is -0.516 e. The fraction of sp³-hybridized carbons (Fsp3) is 0.158. The Balaban J connectivity index is 1.54. The molecule has 5 unspecified atom stereocenters. The minimum absolute atomic E-state index is 0.0671. The molecule has 8 bridgehead atoms. The lowest BCUT2D eigenvalue weighted by Gasteiger charge is -2.16. The highest BCUT2D eigenvalue weighted by molar-refractivity contribution is 7.87. The van der Waals surface area contributed by atoms with Crippen molar-refractivity contribution in [2.24, 2.45) is 0 Å². The standard InChI is InChI=1S/C38H32N8O8S3/c1-20(55(48)49)8-9-23-28(14-19-47)36-42-31(23)40-29-21-6-4-5-7-22(21)30(39-29)41-32-24-10-15-37(2,56(50)51)16-11-25(24)33(43-32)44-34-26-12-17-38(3,57(52,53)54)18-13-27(26)35(45-34)46-36/h4-20,47H,1-3H3,(H,48,49)(H,50,51)(H,52,53,54)(H2,39,40,41,42,43,44,45,46)/b9-8-,19-14-. The van der Waals surface area contributed by atoms with Gasteiger partial charge in [0.25, 0.3) is 10.1 Å². The maximum atomic E-state index is 12.6. The van der Waals surface area contributed by atoms with Crippen LogP contribution < -0.4 is 0 Å². The van der Waals surface area contributed by atoms with Crippen LogP contribution in [-0.2, 0) is 32.3 Å². The Morgan fingerprint density at radius 2 is 1.18 bits per heavy atom. The minimum atomic E-state index is -4.64. The number of aromatic nitrogens is 8. The Bertz CT molecular complexity index is 2980. The molecule has 0 fully saturated rings. The molecule has 16 nitrogen and oxygen atoms in total. The molecule has 0 saturated carbocycles. The predicted octanol–water partition coefficient (Wildman–Crippen LogP) is 6.08. The lowest BCUT2D eigenvalue weighted by molar-refractivity contribution is 0.466. The molecule has 290 valence electrons. The van der Waals surface area contributed by atoms with E-state index >= 15 is 0 Å². The van der Waals surface area contributed by atoms with Crippen LogP contribution >= 0.6 is 0 Å². The van der Waals surface area contributed by atoms with E-state index in [2.05, 4.69) is 9.97 Å². The van der Waals surface area contributed by atoms with E-state index < -0.39 is 47.0 Å². The van der Waals surface area contributed by atoms with Crippen molar-refractivity contribution in [3.63, 3.8) is 0 Å². The maximum absolute atomic E-state index is 12.6. The molecule has 0 spiro atoms. The molecule has 4 aliphatic rings. The zero-order valence-electron chi connectivity index (χ0n) is 30.1. The summed E-state index contributed by atoms with van der Waals surface area (Å²) in [6.45, 7) is 4.49. The predicted molar refractivity (Wildman–Crippen MR) is 220 cm³/mol. The smallest absolute Gasteiger partial charge is 0.277 e. The average molecular weight is 825 g/mol. The Morgan fingerprint density at radius 3 is 1.68 bits per heavy atom. The molecule has 8 rings (SSSR count). The summed E-state index contributed by atoms with van der Waals surface area (Å²) in [5.74, 6) is 0.711. The zero-order valence-corrected chi connectivity index (χ0v) is 32.6. The first kappa shape index (κ1) is 38.1. The molecule has 3 aromatic heterocycles. The molecule has 2 aliphatic carbocycles. The van der Waals surface area contributed by atoms with E-state index in [4.69, 9.17) is 29.9 Å². The van der Waals surface area contributed by atoms with Gasteiger partial charge in [0, 0.05) is 44.5 Å². The quantitative estimate of drug-likeness (QED) is 0.0644. The van der Waals surface area contributed by atoms with Gasteiger partial charge in [-0.3, -0.25) is 4.55 Å². The van der Waals surface area contributed by atoms with Crippen LogP contribution in [-0.4, -0.2) is 90.2 Å². The summed E-state index contributed by atoms with van der Waals surface area (Å²) in [5, 5.41) is 9.28. The fourth-order valence-electron chi connectivity index (χ4n) is 6.45. The summed E-state index contributed by atoms with van der Waals surface area (Å²) in [6.07, 6.45) is 17.3. The summed E-state index contributed by atoms with van der Waals surface area (Å²) >= 11 is -4.47. The van der Waals surface area contributed by atoms with Crippen LogP contribution in [0.15, 0.2) is 73.1 Å². The summed E-state index contributed by atoms with van der Waals surface area (Å²) < 4.78 is 76.5. The number of rotatable bonds is 6. The van der Waals surface area contributed by atoms with Crippen molar-refractivity contribution in [3.05, 3.63) is 107 Å². The van der Waals surface area contributed by atoms with Crippen molar-refractivity contribution in [3.8, 4) is 22.8 Å². The molecular formula is C38H32N8O8S3. The molecule has 6 N–H and O–H groups in total. The molecule has 0 radical (unpaired) electrons. The summed E-state index contributed by atoms with van der Waals surface area (Å²) in [5.41, 5.74) is 4.64. The van der Waals surface area contributed by atoms with Gasteiger partial charge >= 0.3 is 0 Å². The first-order valence-electron chi connectivity index (χ1n) is 17.2. The van der Waals surface area contributed by atoms with Crippen LogP contribution in [0.3, 0.4) is 0 Å². The number of hydrogen-bond donors (Lipinski definition) is 6. The van der Waals surface area contributed by atoms with E-state index in [-0.39, 0.29) is 40.2 Å². The molecule has 1 aromatic carbocycles. The first-order chi connectivity index (χ1) is 27.1. The fourth-order valence-corrected chi connectivity index (χ4v) is 7.51. The molecule has 0 amide bonds. The topological polar surface area (TPSA) is 258 Å². The van der Waals surface area contributed by atoms with Gasteiger partial charge in [0.15, 0.2) is 45.5 Å². The van der Waals surface area contributed by atoms with Gasteiger partial charge in [0.05, 0.1) is 11.5 Å². The number of aliphatic hydroxyl groups is 1. The van der Waals surface area contributed by atoms with Crippen molar-refractivity contribution in [2.45, 2.75) is 35.5 Å². The van der Waals surface area contributed by atoms with Crippen LogP contribution in [0.1, 0.15) is 54.7 Å². The monoisotopic (exact) mass is 824 g/mol. The average Bonchev–Trinajstić information content (AvgIpc) is 3.79. The molecule has 2 aliphatic heterocycles. The molecular weight excluding hydrogens is 793 g/mol. The van der Waals surface area contributed by atoms with E-state index in [1.807, 2.05) is 24.3 Å². The number of benzene rings is 1. The van der Waals surface area contributed by atoms with Gasteiger partial charge < -0.3 is 24.2 Å². The zero-order chi connectivity index (χ0) is 40.4. The Hall–Kier alpha value is -5.83. The van der Waals surface area contributed by atoms with Gasteiger partial charge in [-0.1, -0.05) is 85.0 Å². The highest BCUT2D eigenvalue weighted by Gasteiger charge is 2.36. The van der Waals surface area contributed by atoms with E-state index in [0.717, 1.165) is 6.26 Å². The summed E-state index contributed by atoms with van der Waals surface area (Å²) in [7, 11) is -4.64. The number of allylic oxidation sites excluding steroid dienone is 4. The van der Waals surface area contributed by atoms with Crippen LogP contribution in [0.2, 0.25) is 0 Å². The summed E-state index contributed by atoms with van der Waals surface area (Å²) in [4.78, 5) is 35.7. The van der Waals surface area contributed by atoms with E-state index in [1.54, 1.807) is 44.2 Å². The van der Waals surface area contributed by atoms with E-state index in [0.29, 0.717) is 50.2 Å². The lowest BCUT2D eigenvalue weighted by Crippen LogP contribution is -2.30. The van der Waals surface area contributed by atoms with E-state index in [1.165, 1.54) is 43.4 Å². The van der Waals surface area contributed by atoms with Crippen molar-refractivity contribution >= 4 is 90.3 Å². The first-order valence-corrected chi connectivity index (χ1v) is 20.9. The molecule has 0 saturated heterocycles. The van der Waals surface area contributed by atoms with Gasteiger partial charge in [-0.15, -0.1) is 0 Å². The normalized spacial score (nSPS) is 21.6. The van der Waals surface area contributed by atoms with Gasteiger partial charge in [-0.05, 0) is 26.8 Å². The molecule has 57 heavy (non-hydrogen) atoms. The van der Waals surface area contributed by atoms with Gasteiger partial charge in [0.1, 0.15) is 32.1 Å². The Kier molecular flexibility index (Phi) is 9.33. The molecule has 5 atom stereocenters. The number of nitrogens with zero attached hydrogens (tertiary/aromatic N) is 6. The number of aromatic amines is 2. The Labute approximate surface area is 329 Å². The van der Waals surface area contributed by atoms with Gasteiger partial charge in [-0.25, -0.2) is 38.3 Å². The van der Waals surface area contributed by atoms with Crippen LogP contribution in [0.25, 0.3) is 80.8 Å². The van der Waals surface area contributed by atoms with Crippen LogP contribution in [0, 0.1) is 0 Å². The Morgan fingerprint density at radius 1 is 0.702 bits per heavy atom. The maximum Gasteiger partial charge on any atom is 0.277 e. The third-order valence-electron chi connectivity index (χ3n) is 9.90. The SMILES string of the molecule is CC(/C=C\c1c(/C=C\O)c2nc3nc(nc4[nH]c(nc5nc(nc1[nH]2)-c1ccccc1-5)c1c4C=CC(C)(S(=O)O)C=C1)C1=C3C=CC(C)(S(=O)(=O)O)C=C1)S(=O)O. The van der Waals surface area contributed by atoms with Crippen LogP contribution in [0.4, 0.5) is 0 Å². The number of nitrogens with one attached hydrogen (secondary N) is 2. The van der Waals surface area contributed by atoms with E-state index in [9.17, 15) is 35.6 Å². The van der Waals surface area contributed by atoms with Crippen molar-refractivity contribution in [1.29, 1.82) is 0 Å². The van der Waals surface area contributed by atoms with Crippen LogP contribution in [0.5, 0.6) is 0 Å². The third kappa shape index (κ3) is 6.66. The van der Waals surface area contributed by atoms with Gasteiger partial charge in [-0.2, -0.15) is 8.42 Å². The molecule has 4 aromatic rings. The van der Waals surface area contributed by atoms with Crippen molar-refractivity contribution in [2.75, 3.05) is 0 Å². The second-order valence-corrected chi connectivity index (χ2v) is 18.2. The number of aliphatic hydroxyl groups excluding tert-OH is 1. The molecule has 5 heterocycles. The molecule has 19 heteroatoms. The number of fused-ring (bicyclic) bond motifs is 16. The largest absolute Gasteiger partial charge is 0.516 e. The number of hydrogen-bond acceptors (Lipinski definition) is 11. The van der Waals surface area contributed by atoms with Crippen molar-refractivity contribution < 1.29 is 35.6 Å². The van der Waals surface area contributed by atoms with Crippen molar-refractivity contribution in [1.82, 2.24) is 39.9 Å². The second-order valence-electron chi connectivity index (χ2n) is 13.7. The highest BCUT2D eigenvalue weighted by Crippen LogP contribution is 2.38. The number of H-pyrrole nitrogens is 2.